The molecule has 204 valence electrons. The predicted molar refractivity (Wildman–Crippen MR) is 139 cm³/mol. The van der Waals surface area contributed by atoms with Crippen molar-refractivity contribution in [1.82, 2.24) is 5.43 Å². The van der Waals surface area contributed by atoms with Gasteiger partial charge in [-0.2, -0.15) is 18.2 Å². The summed E-state index contributed by atoms with van der Waals surface area (Å²) in [5.74, 6) is -0.316. The topological polar surface area (TPSA) is 100 Å². The molecule has 0 aliphatic carbocycles. The van der Waals surface area contributed by atoms with Gasteiger partial charge in [-0.15, -0.1) is 0 Å². The minimum absolute atomic E-state index is 0.0309. The van der Waals surface area contributed by atoms with Crippen LogP contribution in [-0.4, -0.2) is 36.1 Å². The molecule has 1 aliphatic rings. The van der Waals surface area contributed by atoms with Gasteiger partial charge in [-0.25, -0.2) is 4.79 Å². The van der Waals surface area contributed by atoms with Crippen LogP contribution in [-0.2, 0) is 10.4 Å². The molecule has 1 aliphatic heterocycles. The fourth-order valence-corrected chi connectivity index (χ4v) is 4.56. The van der Waals surface area contributed by atoms with Gasteiger partial charge in [0.15, 0.2) is 0 Å². The Hall–Kier alpha value is -3.67. The highest BCUT2D eigenvalue weighted by Crippen LogP contribution is 2.50. The molecule has 0 saturated heterocycles. The molecule has 8 nitrogen and oxygen atoms in total. The Bertz CT molecular complexity index is 1450. The minimum atomic E-state index is -4.93. The number of methoxy groups -OCH3 is 1. The lowest BCUT2D eigenvalue weighted by molar-refractivity contribution is -0.275. The van der Waals surface area contributed by atoms with Crippen LogP contribution in [0, 0.1) is 0 Å². The van der Waals surface area contributed by atoms with Crippen LogP contribution >= 0.6 is 34.8 Å². The summed E-state index contributed by atoms with van der Waals surface area (Å²) in [6.45, 7) is 0. The third kappa shape index (κ3) is 5.70. The highest BCUT2D eigenvalue weighted by molar-refractivity contribution is 6.35. The molecule has 3 aromatic carbocycles. The van der Waals surface area contributed by atoms with Gasteiger partial charge in [-0.05, 0) is 54.6 Å². The molecule has 14 heteroatoms. The van der Waals surface area contributed by atoms with Crippen LogP contribution in [0.1, 0.15) is 27.9 Å². The Morgan fingerprint density at radius 1 is 1.05 bits per heavy atom. The van der Waals surface area contributed by atoms with Crippen LogP contribution in [0.15, 0.2) is 65.8 Å². The van der Waals surface area contributed by atoms with E-state index in [4.69, 9.17) is 44.4 Å². The lowest BCUT2D eigenvalue weighted by Gasteiger charge is -2.29. The Labute approximate surface area is 234 Å². The monoisotopic (exact) mass is 601 g/mol. The summed E-state index contributed by atoms with van der Waals surface area (Å²) in [5, 5.41) is 13.7. The maximum atomic E-state index is 14.3. The van der Waals surface area contributed by atoms with E-state index in [0.717, 1.165) is 12.1 Å². The molecule has 39 heavy (non-hydrogen) atoms. The number of ether oxygens (including phenoxy) is 1. The molecule has 0 fully saturated rings. The van der Waals surface area contributed by atoms with E-state index in [9.17, 15) is 27.9 Å². The largest absolute Gasteiger partial charge is 0.497 e. The van der Waals surface area contributed by atoms with E-state index < -0.39 is 30.2 Å². The van der Waals surface area contributed by atoms with E-state index in [1.54, 1.807) is 0 Å². The van der Waals surface area contributed by atoms with Gasteiger partial charge < -0.3 is 14.7 Å². The number of hydrogen-bond acceptors (Lipinski definition) is 5. The molecule has 0 aromatic heterocycles. The van der Waals surface area contributed by atoms with Crippen LogP contribution in [0.3, 0.4) is 0 Å². The second-order valence-electron chi connectivity index (χ2n) is 8.24. The summed E-state index contributed by atoms with van der Waals surface area (Å²) in [5.41, 5.74) is -1.26. The number of benzene rings is 3. The lowest BCUT2D eigenvalue weighted by atomic mass is 9.86. The molecule has 0 radical (unpaired) electrons. The molecule has 3 aromatic rings. The molecule has 0 spiro atoms. The van der Waals surface area contributed by atoms with Crippen molar-refractivity contribution in [2.75, 3.05) is 12.1 Å². The minimum Gasteiger partial charge on any atom is -0.497 e. The third-order valence-electron chi connectivity index (χ3n) is 5.79. The number of oxime groups is 1. The van der Waals surface area contributed by atoms with E-state index in [0.29, 0.717) is 10.8 Å². The van der Waals surface area contributed by atoms with Gasteiger partial charge in [0.2, 0.25) is 0 Å². The van der Waals surface area contributed by atoms with E-state index in [2.05, 4.69) is 10.6 Å². The van der Waals surface area contributed by atoms with Gasteiger partial charge in [0, 0.05) is 33.2 Å². The highest BCUT2D eigenvalue weighted by atomic mass is 35.5. The number of hydrogen-bond donors (Lipinski definition) is 2. The van der Waals surface area contributed by atoms with Crippen LogP contribution in [0.4, 0.5) is 23.7 Å². The number of rotatable bonds is 5. The van der Waals surface area contributed by atoms with Crippen molar-refractivity contribution in [3.8, 4) is 5.75 Å². The Morgan fingerprint density at radius 3 is 2.26 bits per heavy atom. The maximum absolute atomic E-state index is 14.3. The van der Waals surface area contributed by atoms with Crippen molar-refractivity contribution in [2.45, 2.75) is 18.2 Å². The third-order valence-corrected chi connectivity index (χ3v) is 6.55. The first kappa shape index (κ1) is 28.3. The van der Waals surface area contributed by atoms with Gasteiger partial charge in [0.1, 0.15) is 5.75 Å². The number of nitrogens with zero attached hydrogens (tertiary/aromatic N) is 2. The normalized spacial score (nSPS) is 16.7. The lowest BCUT2D eigenvalue weighted by Crippen LogP contribution is -2.46. The van der Waals surface area contributed by atoms with E-state index in [-0.39, 0.29) is 43.2 Å². The average molecular weight is 603 g/mol. The summed E-state index contributed by atoms with van der Waals surface area (Å²) in [7, 11) is 1.44. The standard InChI is InChI=1S/C25H17Cl3F3N3O5/c1-38-18-5-2-13(3-6-18)22(35)32-34(23(36)37)21-8-14(4-7-19(21)28)20-12-24(39-33-20,25(29,30)31)15-9-16(26)11-17(27)10-15/h2-11H,12H2,1H3,(H,32,35)(H,36,37). The summed E-state index contributed by atoms with van der Waals surface area (Å²) >= 11 is 18.1. The first-order valence-corrected chi connectivity index (χ1v) is 12.0. The number of alkyl halides is 3. The summed E-state index contributed by atoms with van der Waals surface area (Å²) < 4.78 is 48.0. The van der Waals surface area contributed by atoms with Crippen LogP contribution < -0.4 is 15.2 Å². The zero-order chi connectivity index (χ0) is 28.5. The van der Waals surface area contributed by atoms with Crippen molar-refractivity contribution in [3.05, 3.63) is 92.4 Å². The van der Waals surface area contributed by atoms with Gasteiger partial charge in [0.25, 0.3) is 11.5 Å². The average Bonchev–Trinajstić information content (AvgIpc) is 3.34. The number of carboxylic acid groups (broad SMARTS) is 1. The summed E-state index contributed by atoms with van der Waals surface area (Å²) in [6, 6.07) is 13.0. The number of amides is 2. The van der Waals surface area contributed by atoms with Crippen molar-refractivity contribution >= 4 is 58.2 Å². The Morgan fingerprint density at radius 2 is 1.69 bits per heavy atom. The predicted octanol–water partition coefficient (Wildman–Crippen LogP) is 7.07. The molecule has 2 N–H and O–H groups in total. The van der Waals surface area contributed by atoms with Crippen LogP contribution in [0.25, 0.3) is 0 Å². The van der Waals surface area contributed by atoms with Gasteiger partial charge in [-0.3, -0.25) is 10.2 Å². The van der Waals surface area contributed by atoms with Crippen LogP contribution in [0.2, 0.25) is 15.1 Å². The number of hydrazine groups is 1. The highest BCUT2D eigenvalue weighted by Gasteiger charge is 2.62. The molecule has 0 bridgehead atoms. The van der Waals surface area contributed by atoms with Crippen molar-refractivity contribution in [3.63, 3.8) is 0 Å². The smallest absolute Gasteiger partial charge is 0.435 e. The molecular formula is C25H17Cl3F3N3O5. The Balaban J connectivity index is 1.66. The molecule has 2 amide bonds. The molecule has 0 saturated carbocycles. The quantitative estimate of drug-likeness (QED) is 0.304. The molecular weight excluding hydrogens is 586 g/mol. The zero-order valence-electron chi connectivity index (χ0n) is 19.7. The molecule has 1 unspecified atom stereocenters. The number of carbonyl (C=O) groups is 2. The molecule has 4 rings (SSSR count). The summed E-state index contributed by atoms with van der Waals surface area (Å²) in [6.07, 6.45) is -7.32. The molecule has 1 heterocycles. The second-order valence-corrected chi connectivity index (χ2v) is 9.52. The number of carbonyl (C=O) groups excluding carboxylic acids is 1. The fraction of sp³-hybridized carbons (Fsp3) is 0.160. The zero-order valence-corrected chi connectivity index (χ0v) is 22.0. The van der Waals surface area contributed by atoms with E-state index in [1.165, 1.54) is 55.6 Å². The first-order valence-electron chi connectivity index (χ1n) is 10.9. The number of anilines is 1. The number of nitrogens with one attached hydrogen (secondary N) is 1. The van der Waals surface area contributed by atoms with Gasteiger partial charge >= 0.3 is 12.3 Å². The number of halogens is 6. The second kappa shape index (κ2) is 10.8. The van der Waals surface area contributed by atoms with Crippen molar-refractivity contribution in [2.24, 2.45) is 5.16 Å². The molecule has 1 atom stereocenters. The van der Waals surface area contributed by atoms with E-state index >= 15 is 0 Å². The Kier molecular flexibility index (Phi) is 7.87. The van der Waals surface area contributed by atoms with Crippen molar-refractivity contribution in [1.29, 1.82) is 0 Å². The van der Waals surface area contributed by atoms with Gasteiger partial charge in [-0.1, -0.05) is 46.0 Å². The summed E-state index contributed by atoms with van der Waals surface area (Å²) in [4.78, 5) is 29.7. The van der Waals surface area contributed by atoms with Crippen molar-refractivity contribution < 1.29 is 37.4 Å². The fourth-order valence-electron chi connectivity index (χ4n) is 3.83. The van der Waals surface area contributed by atoms with Gasteiger partial charge in [0.05, 0.1) is 23.5 Å². The maximum Gasteiger partial charge on any atom is 0.435 e. The van der Waals surface area contributed by atoms with Crippen LogP contribution in [0.5, 0.6) is 5.75 Å². The first-order chi connectivity index (χ1) is 18.3. The SMILES string of the molecule is COc1ccc(C(=O)NN(C(=O)O)c2cc(C3=NOC(c4cc(Cl)cc(Cl)c4)(C(F)(F)F)C3)ccc2Cl)cc1. The van der Waals surface area contributed by atoms with E-state index in [1.807, 2.05) is 0 Å².